The zero-order chi connectivity index (χ0) is 19.5. The highest BCUT2D eigenvalue weighted by Gasteiger charge is 2.14. The predicted octanol–water partition coefficient (Wildman–Crippen LogP) is 4.03. The van der Waals surface area contributed by atoms with E-state index < -0.39 is 0 Å². The molecular weight excluding hydrogens is 420 g/mol. The number of nitrogens with zero attached hydrogens (tertiary/aromatic N) is 3. The zero-order valence-electron chi connectivity index (χ0n) is 15.6. The highest BCUT2D eigenvalue weighted by Crippen LogP contribution is 2.29. The Morgan fingerprint density at radius 3 is 2.50 bits per heavy atom. The molecule has 6 nitrogen and oxygen atoms in total. The predicted molar refractivity (Wildman–Crippen MR) is 113 cm³/mol. The molecule has 1 N–H and O–H groups in total. The van der Waals surface area contributed by atoms with Gasteiger partial charge in [-0.05, 0) is 70.9 Å². The number of rotatable bonds is 4. The lowest BCUT2D eigenvalue weighted by molar-refractivity contribution is 0.102. The van der Waals surface area contributed by atoms with Crippen LogP contribution in [-0.4, -0.2) is 42.0 Å². The Hall–Kier alpha value is -2.64. The second-order valence-electron chi connectivity index (χ2n) is 6.73. The topological polar surface area (TPSA) is 59.4 Å². The first-order valence-corrected chi connectivity index (χ1v) is 9.95. The fourth-order valence-electron chi connectivity index (χ4n) is 3.14. The van der Waals surface area contributed by atoms with Gasteiger partial charge in [0.15, 0.2) is 0 Å². The monoisotopic (exact) mass is 440 g/mol. The van der Waals surface area contributed by atoms with E-state index in [0.717, 1.165) is 53.4 Å². The number of nitrogens with one attached hydrogen (secondary N) is 1. The van der Waals surface area contributed by atoms with E-state index >= 15 is 0 Å². The van der Waals surface area contributed by atoms with Gasteiger partial charge in [-0.15, -0.1) is 0 Å². The number of carbonyl (C=O) groups is 1. The first-order valence-electron chi connectivity index (χ1n) is 9.15. The maximum absolute atomic E-state index is 12.7. The summed E-state index contributed by atoms with van der Waals surface area (Å²) in [4.78, 5) is 15.0. The Morgan fingerprint density at radius 2 is 1.82 bits per heavy atom. The van der Waals surface area contributed by atoms with Crippen LogP contribution >= 0.6 is 15.9 Å². The van der Waals surface area contributed by atoms with Crippen molar-refractivity contribution in [1.29, 1.82) is 0 Å². The third kappa shape index (κ3) is 4.10. The number of ether oxygens (including phenoxy) is 1. The quantitative estimate of drug-likeness (QED) is 0.664. The number of aryl methyl sites for hydroxylation is 1. The minimum absolute atomic E-state index is 0.150. The Kier molecular flexibility index (Phi) is 5.45. The van der Waals surface area contributed by atoms with Gasteiger partial charge in [-0.3, -0.25) is 4.79 Å². The van der Waals surface area contributed by atoms with E-state index in [0.29, 0.717) is 5.56 Å². The second kappa shape index (κ2) is 8.16. The average molecular weight is 441 g/mol. The fraction of sp³-hybridized carbons (Fsp3) is 0.238. The minimum atomic E-state index is -0.150. The van der Waals surface area contributed by atoms with Crippen LogP contribution in [-0.2, 0) is 4.74 Å². The molecule has 1 fully saturated rings. The molecule has 0 spiro atoms. The van der Waals surface area contributed by atoms with Crippen LogP contribution in [0.15, 0.2) is 59.3 Å². The summed E-state index contributed by atoms with van der Waals surface area (Å²) in [6, 6.07) is 13.4. The maximum Gasteiger partial charge on any atom is 0.255 e. The molecule has 1 amide bonds. The lowest BCUT2D eigenvalue weighted by atomic mass is 10.2. The summed E-state index contributed by atoms with van der Waals surface area (Å²) in [6.45, 7) is 5.14. The molecule has 2 aromatic carbocycles. The van der Waals surface area contributed by atoms with E-state index in [1.165, 1.54) is 0 Å². The van der Waals surface area contributed by atoms with E-state index in [1.54, 1.807) is 23.0 Å². The zero-order valence-corrected chi connectivity index (χ0v) is 17.1. The molecule has 0 unspecified atom stereocenters. The van der Waals surface area contributed by atoms with Crippen LogP contribution in [0.3, 0.4) is 0 Å². The average Bonchev–Trinajstić information content (AvgIpc) is 3.17. The molecule has 28 heavy (non-hydrogen) atoms. The van der Waals surface area contributed by atoms with Crippen molar-refractivity contribution in [3.05, 3.63) is 70.5 Å². The molecule has 7 heteroatoms. The number of hydrogen-bond acceptors (Lipinski definition) is 4. The number of hydrogen-bond donors (Lipinski definition) is 1. The van der Waals surface area contributed by atoms with Crippen LogP contribution in [0, 0.1) is 6.92 Å². The van der Waals surface area contributed by atoms with Crippen LogP contribution in [0.25, 0.3) is 5.69 Å². The molecule has 3 aromatic rings. The summed E-state index contributed by atoms with van der Waals surface area (Å²) < 4.78 is 8.05. The van der Waals surface area contributed by atoms with Gasteiger partial charge in [0.05, 0.1) is 30.8 Å². The summed E-state index contributed by atoms with van der Waals surface area (Å²) in [6.07, 6.45) is 3.75. The van der Waals surface area contributed by atoms with Crippen molar-refractivity contribution in [2.75, 3.05) is 36.5 Å². The first kappa shape index (κ1) is 18.7. The van der Waals surface area contributed by atoms with E-state index in [9.17, 15) is 4.79 Å². The Morgan fingerprint density at radius 1 is 1.11 bits per heavy atom. The molecule has 4 rings (SSSR count). The normalized spacial score (nSPS) is 14.1. The number of carbonyl (C=O) groups excluding carboxylic acids is 1. The highest BCUT2D eigenvalue weighted by atomic mass is 79.9. The Balaban J connectivity index is 1.50. The van der Waals surface area contributed by atoms with E-state index in [2.05, 4.69) is 31.2 Å². The van der Waals surface area contributed by atoms with Gasteiger partial charge in [-0.25, -0.2) is 4.68 Å². The van der Waals surface area contributed by atoms with E-state index in [1.807, 2.05) is 43.5 Å². The second-order valence-corrected chi connectivity index (χ2v) is 7.58. The molecule has 0 bridgehead atoms. The van der Waals surface area contributed by atoms with Crippen LogP contribution < -0.4 is 10.2 Å². The Bertz CT molecular complexity index is 978. The fourth-order valence-corrected chi connectivity index (χ4v) is 3.49. The molecule has 2 heterocycles. The summed E-state index contributed by atoms with van der Waals surface area (Å²) in [5, 5.41) is 7.29. The summed E-state index contributed by atoms with van der Waals surface area (Å²) >= 11 is 3.53. The lowest BCUT2D eigenvalue weighted by Gasteiger charge is -2.29. The molecule has 1 saturated heterocycles. The van der Waals surface area contributed by atoms with Gasteiger partial charge >= 0.3 is 0 Å². The number of morpholine rings is 1. The largest absolute Gasteiger partial charge is 0.378 e. The summed E-state index contributed by atoms with van der Waals surface area (Å²) in [5.41, 5.74) is 4.43. The molecule has 0 atom stereocenters. The molecule has 0 saturated carbocycles. The van der Waals surface area contributed by atoms with Crippen LogP contribution in [0.1, 0.15) is 15.9 Å². The van der Waals surface area contributed by atoms with Gasteiger partial charge in [0.25, 0.3) is 5.91 Å². The van der Waals surface area contributed by atoms with Gasteiger partial charge in [-0.2, -0.15) is 5.10 Å². The number of amides is 1. The summed E-state index contributed by atoms with van der Waals surface area (Å²) in [7, 11) is 0. The molecule has 0 radical (unpaired) electrons. The Labute approximate surface area is 172 Å². The van der Waals surface area contributed by atoms with Crippen LogP contribution in [0.2, 0.25) is 0 Å². The van der Waals surface area contributed by atoms with Crippen molar-refractivity contribution in [3.8, 4) is 5.69 Å². The van der Waals surface area contributed by atoms with Gasteiger partial charge in [0.2, 0.25) is 0 Å². The van der Waals surface area contributed by atoms with Crippen LogP contribution in [0.4, 0.5) is 11.4 Å². The number of benzene rings is 2. The third-order valence-electron chi connectivity index (χ3n) is 4.68. The number of aromatic nitrogens is 2. The van der Waals surface area contributed by atoms with Gasteiger partial charge in [0, 0.05) is 35.0 Å². The molecule has 1 aromatic heterocycles. The van der Waals surface area contributed by atoms with Crippen molar-refractivity contribution in [2.45, 2.75) is 6.92 Å². The van der Waals surface area contributed by atoms with Crippen molar-refractivity contribution in [3.63, 3.8) is 0 Å². The first-order chi connectivity index (χ1) is 13.6. The molecule has 144 valence electrons. The molecule has 1 aliphatic rings. The number of anilines is 2. The highest BCUT2D eigenvalue weighted by molar-refractivity contribution is 9.10. The number of halogens is 1. The third-order valence-corrected chi connectivity index (χ3v) is 5.37. The SMILES string of the molecule is Cc1cnn(-c2ccc(C(=O)Nc3cc(N4CCOCC4)ccc3Br)cc2)c1. The van der Waals surface area contributed by atoms with Crippen molar-refractivity contribution < 1.29 is 9.53 Å². The standard InChI is InChI=1S/C21H21BrN4O2/c1-15-13-23-26(14-15)17-4-2-16(3-5-17)21(27)24-20-12-18(6-7-19(20)22)25-8-10-28-11-9-25/h2-7,12-14H,8-11H2,1H3,(H,24,27). The molecular formula is C21H21BrN4O2. The summed E-state index contributed by atoms with van der Waals surface area (Å²) in [5.74, 6) is -0.150. The van der Waals surface area contributed by atoms with Gasteiger partial charge in [-0.1, -0.05) is 0 Å². The maximum atomic E-state index is 12.7. The van der Waals surface area contributed by atoms with Crippen molar-refractivity contribution in [2.24, 2.45) is 0 Å². The van der Waals surface area contributed by atoms with Gasteiger partial charge in [0.1, 0.15) is 0 Å². The van der Waals surface area contributed by atoms with E-state index in [4.69, 9.17) is 4.74 Å². The van der Waals surface area contributed by atoms with Crippen LogP contribution in [0.5, 0.6) is 0 Å². The van der Waals surface area contributed by atoms with Crippen molar-refractivity contribution in [1.82, 2.24) is 9.78 Å². The minimum Gasteiger partial charge on any atom is -0.378 e. The smallest absolute Gasteiger partial charge is 0.255 e. The van der Waals surface area contributed by atoms with Gasteiger partial charge < -0.3 is 15.0 Å². The van der Waals surface area contributed by atoms with E-state index in [-0.39, 0.29) is 5.91 Å². The van der Waals surface area contributed by atoms with Crippen molar-refractivity contribution >= 4 is 33.2 Å². The molecule has 0 aliphatic carbocycles. The molecule has 1 aliphatic heterocycles. The lowest BCUT2D eigenvalue weighted by Crippen LogP contribution is -2.36.